The van der Waals surface area contributed by atoms with Crippen LogP contribution in [0.4, 0.5) is 0 Å². The number of ether oxygens (including phenoxy) is 2. The molecule has 1 spiro atoms. The Morgan fingerprint density at radius 1 is 1.47 bits per heavy atom. The van der Waals surface area contributed by atoms with E-state index < -0.39 is 0 Å². The zero-order chi connectivity index (χ0) is 10.7. The average Bonchev–Trinajstić information content (AvgIpc) is 2.26. The molecule has 2 saturated heterocycles. The van der Waals surface area contributed by atoms with E-state index in [1.165, 1.54) is 0 Å². The fraction of sp³-hybridized carbons (Fsp3) is 1.00. The van der Waals surface area contributed by atoms with Crippen molar-refractivity contribution in [1.82, 2.24) is 10.2 Å². The van der Waals surface area contributed by atoms with Crippen molar-refractivity contribution < 1.29 is 9.47 Å². The predicted molar refractivity (Wildman–Crippen MR) is 59.1 cm³/mol. The van der Waals surface area contributed by atoms with Crippen molar-refractivity contribution in [3.63, 3.8) is 0 Å². The third-order valence-electron chi connectivity index (χ3n) is 3.68. The maximum Gasteiger partial charge on any atom is 0.0882 e. The monoisotopic (exact) mass is 214 g/mol. The lowest BCUT2D eigenvalue weighted by atomic mass is 9.83. The van der Waals surface area contributed by atoms with Gasteiger partial charge in [-0.25, -0.2) is 0 Å². The number of methoxy groups -OCH3 is 1. The van der Waals surface area contributed by atoms with Gasteiger partial charge in [0.25, 0.3) is 0 Å². The summed E-state index contributed by atoms with van der Waals surface area (Å²) in [7, 11) is 3.94. The smallest absolute Gasteiger partial charge is 0.0882 e. The number of likely N-dealkylation sites (tertiary alicyclic amines) is 1. The highest BCUT2D eigenvalue weighted by molar-refractivity contribution is 4.99. The molecule has 15 heavy (non-hydrogen) atoms. The lowest BCUT2D eigenvalue weighted by Crippen LogP contribution is -2.63. The molecule has 88 valence electrons. The molecule has 4 heteroatoms. The highest BCUT2D eigenvalue weighted by Crippen LogP contribution is 2.31. The van der Waals surface area contributed by atoms with Crippen LogP contribution < -0.4 is 5.32 Å². The molecule has 0 aromatic heterocycles. The molecular weight excluding hydrogens is 192 g/mol. The molecule has 2 aliphatic rings. The molecule has 0 saturated carbocycles. The van der Waals surface area contributed by atoms with Crippen LogP contribution in [0.3, 0.4) is 0 Å². The minimum atomic E-state index is 0.0285. The first-order valence-electron chi connectivity index (χ1n) is 5.82. The molecule has 0 aromatic carbocycles. The normalized spacial score (nSPS) is 32.0. The van der Waals surface area contributed by atoms with Gasteiger partial charge in [-0.15, -0.1) is 0 Å². The average molecular weight is 214 g/mol. The molecule has 1 N–H and O–H groups in total. The van der Waals surface area contributed by atoms with Crippen LogP contribution >= 0.6 is 0 Å². The number of nitrogens with one attached hydrogen (secondary N) is 1. The van der Waals surface area contributed by atoms with E-state index in [2.05, 4.69) is 17.3 Å². The van der Waals surface area contributed by atoms with Gasteiger partial charge in [0.15, 0.2) is 0 Å². The van der Waals surface area contributed by atoms with Gasteiger partial charge < -0.3 is 19.7 Å². The summed E-state index contributed by atoms with van der Waals surface area (Å²) in [6, 6.07) is 0.366. The van der Waals surface area contributed by atoms with Crippen LogP contribution in [-0.4, -0.2) is 63.5 Å². The molecule has 0 radical (unpaired) electrons. The Hall–Kier alpha value is -0.160. The quantitative estimate of drug-likeness (QED) is 0.706. The SMILES string of the molecule is COCC1NCCOC12CCN(C)CC2. The van der Waals surface area contributed by atoms with E-state index in [9.17, 15) is 0 Å². The van der Waals surface area contributed by atoms with Crippen molar-refractivity contribution in [2.75, 3.05) is 47.0 Å². The Kier molecular flexibility index (Phi) is 3.61. The van der Waals surface area contributed by atoms with E-state index >= 15 is 0 Å². The largest absolute Gasteiger partial charge is 0.383 e. The van der Waals surface area contributed by atoms with Gasteiger partial charge in [0, 0.05) is 26.7 Å². The molecule has 0 bridgehead atoms. The molecule has 0 aromatic rings. The minimum absolute atomic E-state index is 0.0285. The molecule has 2 rings (SSSR count). The first-order chi connectivity index (χ1) is 7.27. The second kappa shape index (κ2) is 4.78. The highest BCUT2D eigenvalue weighted by atomic mass is 16.5. The molecule has 2 heterocycles. The van der Waals surface area contributed by atoms with Gasteiger partial charge in [-0.3, -0.25) is 0 Å². The summed E-state index contributed by atoms with van der Waals surface area (Å²) in [5.74, 6) is 0. The van der Waals surface area contributed by atoms with E-state index in [-0.39, 0.29) is 5.60 Å². The Morgan fingerprint density at radius 3 is 2.87 bits per heavy atom. The number of piperidine rings is 1. The van der Waals surface area contributed by atoms with E-state index in [4.69, 9.17) is 9.47 Å². The molecule has 1 atom stereocenters. The number of morpholine rings is 1. The van der Waals surface area contributed by atoms with Crippen LogP contribution in [-0.2, 0) is 9.47 Å². The van der Waals surface area contributed by atoms with Crippen molar-refractivity contribution in [2.24, 2.45) is 0 Å². The van der Waals surface area contributed by atoms with E-state index in [0.717, 1.165) is 45.7 Å². The third-order valence-corrected chi connectivity index (χ3v) is 3.68. The lowest BCUT2D eigenvalue weighted by Gasteiger charge is -2.48. The zero-order valence-electron chi connectivity index (χ0n) is 9.79. The first kappa shape index (κ1) is 11.3. The Bertz CT molecular complexity index is 201. The van der Waals surface area contributed by atoms with Crippen LogP contribution in [0.15, 0.2) is 0 Å². The molecular formula is C11H22N2O2. The van der Waals surface area contributed by atoms with Crippen molar-refractivity contribution in [1.29, 1.82) is 0 Å². The summed E-state index contributed by atoms with van der Waals surface area (Å²) >= 11 is 0. The maximum absolute atomic E-state index is 6.05. The van der Waals surface area contributed by atoms with Gasteiger partial charge in [-0.05, 0) is 19.9 Å². The van der Waals surface area contributed by atoms with Crippen molar-refractivity contribution >= 4 is 0 Å². The van der Waals surface area contributed by atoms with Gasteiger partial charge in [0.05, 0.1) is 24.9 Å². The molecule has 1 unspecified atom stereocenters. The fourth-order valence-electron chi connectivity index (χ4n) is 2.64. The summed E-state index contributed by atoms with van der Waals surface area (Å²) in [4.78, 5) is 2.37. The number of hydrogen-bond donors (Lipinski definition) is 1. The van der Waals surface area contributed by atoms with E-state index in [0.29, 0.717) is 6.04 Å². The summed E-state index contributed by atoms with van der Waals surface area (Å²) in [5.41, 5.74) is 0.0285. The summed E-state index contributed by atoms with van der Waals surface area (Å²) in [6.45, 7) is 4.79. The summed E-state index contributed by atoms with van der Waals surface area (Å²) in [6.07, 6.45) is 2.23. The molecule has 0 aliphatic carbocycles. The Balaban J connectivity index is 2.01. The van der Waals surface area contributed by atoms with Gasteiger partial charge in [-0.2, -0.15) is 0 Å². The van der Waals surface area contributed by atoms with E-state index in [1.807, 2.05) is 0 Å². The van der Waals surface area contributed by atoms with Gasteiger partial charge in [0.1, 0.15) is 0 Å². The first-order valence-corrected chi connectivity index (χ1v) is 5.82. The molecule has 4 nitrogen and oxygen atoms in total. The number of nitrogens with zero attached hydrogens (tertiary/aromatic N) is 1. The second-order valence-corrected chi connectivity index (χ2v) is 4.68. The van der Waals surface area contributed by atoms with Crippen molar-refractivity contribution in [3.05, 3.63) is 0 Å². The van der Waals surface area contributed by atoms with Crippen LogP contribution in [0.25, 0.3) is 0 Å². The number of hydrogen-bond acceptors (Lipinski definition) is 4. The van der Waals surface area contributed by atoms with Crippen molar-refractivity contribution in [3.8, 4) is 0 Å². The maximum atomic E-state index is 6.05. The number of rotatable bonds is 2. The lowest BCUT2D eigenvalue weighted by molar-refractivity contribution is -0.136. The standard InChI is InChI=1S/C11H22N2O2/c1-13-6-3-11(4-7-13)10(9-14-2)12-5-8-15-11/h10,12H,3-9H2,1-2H3. The minimum Gasteiger partial charge on any atom is -0.383 e. The van der Waals surface area contributed by atoms with Crippen LogP contribution in [0, 0.1) is 0 Å². The van der Waals surface area contributed by atoms with Crippen LogP contribution in [0.2, 0.25) is 0 Å². The fourth-order valence-corrected chi connectivity index (χ4v) is 2.64. The Morgan fingerprint density at radius 2 is 2.20 bits per heavy atom. The van der Waals surface area contributed by atoms with Crippen molar-refractivity contribution in [2.45, 2.75) is 24.5 Å². The summed E-state index contributed by atoms with van der Waals surface area (Å²) in [5, 5.41) is 3.53. The molecule has 2 fully saturated rings. The van der Waals surface area contributed by atoms with Crippen LogP contribution in [0.1, 0.15) is 12.8 Å². The topological polar surface area (TPSA) is 33.7 Å². The van der Waals surface area contributed by atoms with Crippen LogP contribution in [0.5, 0.6) is 0 Å². The third kappa shape index (κ3) is 2.33. The molecule has 0 amide bonds. The Labute approximate surface area is 91.9 Å². The van der Waals surface area contributed by atoms with E-state index in [1.54, 1.807) is 7.11 Å². The highest BCUT2D eigenvalue weighted by Gasteiger charge is 2.43. The second-order valence-electron chi connectivity index (χ2n) is 4.68. The molecule has 2 aliphatic heterocycles. The summed E-state index contributed by atoms with van der Waals surface area (Å²) < 4.78 is 11.3. The zero-order valence-corrected chi connectivity index (χ0v) is 9.79. The predicted octanol–water partition coefficient (Wildman–Crippen LogP) is 0.0856. The van der Waals surface area contributed by atoms with Gasteiger partial charge in [-0.1, -0.05) is 0 Å². The van der Waals surface area contributed by atoms with Gasteiger partial charge in [0.2, 0.25) is 0 Å². The van der Waals surface area contributed by atoms with Gasteiger partial charge >= 0.3 is 0 Å².